The molecule has 5 nitrogen and oxygen atoms in total. The second-order valence-corrected chi connectivity index (χ2v) is 1.81. The van der Waals surface area contributed by atoms with Crippen molar-refractivity contribution in [2.24, 2.45) is 0 Å². The molecule has 10 heavy (non-hydrogen) atoms. The van der Waals surface area contributed by atoms with Gasteiger partial charge < -0.3 is 0 Å². The summed E-state index contributed by atoms with van der Waals surface area (Å²) in [6.45, 7) is 1.79. The van der Waals surface area contributed by atoms with Gasteiger partial charge in [0.25, 0.3) is 5.56 Å². The summed E-state index contributed by atoms with van der Waals surface area (Å²) in [6.07, 6.45) is 0.520. The van der Waals surface area contributed by atoms with Crippen LogP contribution in [0, 0.1) is 0 Å². The van der Waals surface area contributed by atoms with E-state index in [-0.39, 0.29) is 0 Å². The molecule has 0 fully saturated rings. The van der Waals surface area contributed by atoms with Gasteiger partial charge in [-0.1, -0.05) is 6.92 Å². The van der Waals surface area contributed by atoms with Gasteiger partial charge in [0.05, 0.1) is 0 Å². The first-order chi connectivity index (χ1) is 4.74. The fourth-order valence-electron chi connectivity index (χ4n) is 0.612. The summed E-state index contributed by atoms with van der Waals surface area (Å²) in [5, 5.41) is 5.65. The summed E-state index contributed by atoms with van der Waals surface area (Å²) < 4.78 is 0. The number of rotatable bonds is 1. The van der Waals surface area contributed by atoms with Gasteiger partial charge in [0.2, 0.25) is 0 Å². The van der Waals surface area contributed by atoms with E-state index < -0.39 is 11.2 Å². The van der Waals surface area contributed by atoms with Crippen LogP contribution in [0.5, 0.6) is 0 Å². The van der Waals surface area contributed by atoms with Crippen LogP contribution in [0.4, 0.5) is 0 Å². The standard InChI is InChI=1S/C5H7N3O2/c1-2-3-4(9)6-5(10)8-7-3/h2H2,1H3,(H2,6,8,9,10). The SMILES string of the molecule is CCc1n[nH]c(=O)[nH]c1=O. The molecule has 1 aromatic heterocycles. The van der Waals surface area contributed by atoms with Gasteiger partial charge in [0.15, 0.2) is 0 Å². The van der Waals surface area contributed by atoms with E-state index in [1.165, 1.54) is 0 Å². The smallest absolute Gasteiger partial charge is 0.271 e. The van der Waals surface area contributed by atoms with E-state index in [4.69, 9.17) is 0 Å². The van der Waals surface area contributed by atoms with Crippen molar-refractivity contribution in [1.82, 2.24) is 15.2 Å². The molecule has 0 amide bonds. The summed E-state index contributed by atoms with van der Waals surface area (Å²) in [6, 6.07) is 0. The number of hydrogen-bond acceptors (Lipinski definition) is 3. The van der Waals surface area contributed by atoms with E-state index in [9.17, 15) is 9.59 Å². The molecule has 0 aliphatic carbocycles. The molecule has 2 N–H and O–H groups in total. The average molecular weight is 141 g/mol. The molecule has 0 saturated carbocycles. The van der Waals surface area contributed by atoms with Crippen LogP contribution in [0.2, 0.25) is 0 Å². The van der Waals surface area contributed by atoms with E-state index in [0.29, 0.717) is 12.1 Å². The molecular weight excluding hydrogens is 134 g/mol. The van der Waals surface area contributed by atoms with Crippen LogP contribution in [0.15, 0.2) is 9.59 Å². The average Bonchev–Trinajstić information content (AvgIpc) is 1.88. The van der Waals surface area contributed by atoms with Crippen LogP contribution in [0.1, 0.15) is 12.6 Å². The second-order valence-electron chi connectivity index (χ2n) is 1.81. The fourth-order valence-corrected chi connectivity index (χ4v) is 0.612. The van der Waals surface area contributed by atoms with Crippen LogP contribution >= 0.6 is 0 Å². The number of aromatic amines is 2. The zero-order valence-electron chi connectivity index (χ0n) is 5.47. The van der Waals surface area contributed by atoms with E-state index in [1.807, 2.05) is 0 Å². The third kappa shape index (κ3) is 1.12. The largest absolute Gasteiger partial charge is 0.342 e. The Kier molecular flexibility index (Phi) is 1.66. The first-order valence-electron chi connectivity index (χ1n) is 2.92. The third-order valence-corrected chi connectivity index (χ3v) is 1.12. The summed E-state index contributed by atoms with van der Waals surface area (Å²) >= 11 is 0. The first-order valence-corrected chi connectivity index (χ1v) is 2.92. The highest BCUT2D eigenvalue weighted by atomic mass is 16.2. The van der Waals surface area contributed by atoms with E-state index in [1.54, 1.807) is 6.92 Å². The predicted molar refractivity (Wildman–Crippen MR) is 34.9 cm³/mol. The Balaban J connectivity index is 3.34. The molecule has 1 rings (SSSR count). The third-order valence-electron chi connectivity index (χ3n) is 1.12. The zero-order valence-corrected chi connectivity index (χ0v) is 5.47. The Morgan fingerprint density at radius 2 is 2.20 bits per heavy atom. The van der Waals surface area contributed by atoms with Crippen molar-refractivity contribution >= 4 is 0 Å². The first kappa shape index (κ1) is 6.73. The van der Waals surface area contributed by atoms with Crippen molar-refractivity contribution in [2.75, 3.05) is 0 Å². The van der Waals surface area contributed by atoms with Crippen LogP contribution in [-0.2, 0) is 6.42 Å². The highest BCUT2D eigenvalue weighted by Gasteiger charge is 1.96. The second kappa shape index (κ2) is 2.47. The van der Waals surface area contributed by atoms with Crippen molar-refractivity contribution in [3.8, 4) is 0 Å². The lowest BCUT2D eigenvalue weighted by Crippen LogP contribution is -2.26. The number of aryl methyl sites for hydroxylation is 1. The molecule has 0 atom stereocenters. The molecule has 0 unspecified atom stereocenters. The molecule has 0 bridgehead atoms. The molecule has 1 heterocycles. The zero-order chi connectivity index (χ0) is 7.56. The molecule has 0 aliphatic rings. The van der Waals surface area contributed by atoms with Gasteiger partial charge in [-0.3, -0.25) is 9.78 Å². The Morgan fingerprint density at radius 3 is 2.70 bits per heavy atom. The van der Waals surface area contributed by atoms with Crippen molar-refractivity contribution < 1.29 is 0 Å². The minimum absolute atomic E-state index is 0.347. The van der Waals surface area contributed by atoms with E-state index in [0.717, 1.165) is 0 Å². The van der Waals surface area contributed by atoms with Gasteiger partial charge in [-0.15, -0.1) is 0 Å². The molecular formula is C5H7N3O2. The van der Waals surface area contributed by atoms with E-state index in [2.05, 4.69) is 15.2 Å². The van der Waals surface area contributed by atoms with Gasteiger partial charge >= 0.3 is 5.69 Å². The summed E-state index contributed by atoms with van der Waals surface area (Å²) in [7, 11) is 0. The number of hydrogen-bond donors (Lipinski definition) is 2. The number of nitrogens with zero attached hydrogens (tertiary/aromatic N) is 1. The van der Waals surface area contributed by atoms with Crippen molar-refractivity contribution in [3.63, 3.8) is 0 Å². The molecule has 54 valence electrons. The number of H-pyrrole nitrogens is 2. The minimum Gasteiger partial charge on any atom is -0.271 e. The van der Waals surface area contributed by atoms with Gasteiger partial charge in [0.1, 0.15) is 5.69 Å². The lowest BCUT2D eigenvalue weighted by Gasteiger charge is -1.88. The maximum absolute atomic E-state index is 10.7. The topological polar surface area (TPSA) is 78.6 Å². The van der Waals surface area contributed by atoms with Crippen molar-refractivity contribution in [3.05, 3.63) is 26.5 Å². The quantitative estimate of drug-likeness (QED) is 0.527. The number of nitrogens with one attached hydrogen (secondary N) is 2. The molecule has 5 heteroatoms. The minimum atomic E-state index is -0.567. The van der Waals surface area contributed by atoms with Crippen LogP contribution in [-0.4, -0.2) is 15.2 Å². The Labute approximate surface area is 56.1 Å². The molecule has 0 aromatic carbocycles. The summed E-state index contributed by atoms with van der Waals surface area (Å²) in [5.41, 5.74) is -0.631. The highest BCUT2D eigenvalue weighted by Crippen LogP contribution is 1.76. The highest BCUT2D eigenvalue weighted by molar-refractivity contribution is 4.90. The van der Waals surface area contributed by atoms with Crippen LogP contribution in [0.25, 0.3) is 0 Å². The van der Waals surface area contributed by atoms with Crippen LogP contribution in [0.3, 0.4) is 0 Å². The Hall–Kier alpha value is -1.39. The molecule has 0 saturated heterocycles. The lowest BCUT2D eigenvalue weighted by molar-refractivity contribution is 0.818. The maximum atomic E-state index is 10.7. The van der Waals surface area contributed by atoms with Crippen molar-refractivity contribution in [1.29, 1.82) is 0 Å². The van der Waals surface area contributed by atoms with Gasteiger partial charge in [-0.05, 0) is 6.42 Å². The molecule has 0 spiro atoms. The normalized spacial score (nSPS) is 9.70. The maximum Gasteiger partial charge on any atom is 0.342 e. The van der Waals surface area contributed by atoms with E-state index >= 15 is 0 Å². The van der Waals surface area contributed by atoms with Gasteiger partial charge in [-0.2, -0.15) is 5.10 Å². The lowest BCUT2D eigenvalue weighted by atomic mass is 10.4. The summed E-state index contributed by atoms with van der Waals surface area (Å²) in [4.78, 5) is 23.2. The number of aromatic nitrogens is 3. The molecule has 0 radical (unpaired) electrons. The molecule has 1 aromatic rings. The molecule has 0 aliphatic heterocycles. The Morgan fingerprint density at radius 1 is 1.50 bits per heavy atom. The van der Waals surface area contributed by atoms with Crippen molar-refractivity contribution in [2.45, 2.75) is 13.3 Å². The fraction of sp³-hybridized carbons (Fsp3) is 0.400. The monoisotopic (exact) mass is 141 g/mol. The Bertz CT molecular complexity index is 324. The van der Waals surface area contributed by atoms with Gasteiger partial charge in [0, 0.05) is 0 Å². The van der Waals surface area contributed by atoms with Gasteiger partial charge in [-0.25, -0.2) is 9.89 Å². The predicted octanol–water partition coefficient (Wildman–Crippen LogP) is -0.979. The van der Waals surface area contributed by atoms with Crippen LogP contribution < -0.4 is 11.2 Å². The summed E-state index contributed by atoms with van der Waals surface area (Å²) in [5.74, 6) is 0.